The lowest BCUT2D eigenvalue weighted by molar-refractivity contribution is 0.0911. The van der Waals surface area contributed by atoms with Gasteiger partial charge in [-0.25, -0.2) is 4.98 Å². The SMILES string of the molecule is CCCN1CCC(NC(=O)c2cc(Cl)nc(Cl)c2)CC1. The van der Waals surface area contributed by atoms with Gasteiger partial charge in [-0.1, -0.05) is 30.1 Å². The number of hydrogen-bond donors (Lipinski definition) is 1. The molecule has 1 aliphatic heterocycles. The van der Waals surface area contributed by atoms with Crippen LogP contribution in [0.4, 0.5) is 0 Å². The van der Waals surface area contributed by atoms with Gasteiger partial charge in [0, 0.05) is 24.7 Å². The Morgan fingerprint density at radius 1 is 1.35 bits per heavy atom. The van der Waals surface area contributed by atoms with Crippen molar-refractivity contribution < 1.29 is 4.79 Å². The van der Waals surface area contributed by atoms with Crippen LogP contribution in [0, 0.1) is 0 Å². The van der Waals surface area contributed by atoms with Crippen molar-refractivity contribution >= 4 is 29.1 Å². The fourth-order valence-corrected chi connectivity index (χ4v) is 2.94. The number of nitrogens with zero attached hydrogens (tertiary/aromatic N) is 2. The van der Waals surface area contributed by atoms with E-state index in [1.165, 1.54) is 18.6 Å². The van der Waals surface area contributed by atoms with E-state index in [9.17, 15) is 4.79 Å². The number of rotatable bonds is 4. The normalized spacial score (nSPS) is 17.1. The molecule has 110 valence electrons. The van der Waals surface area contributed by atoms with Crippen molar-refractivity contribution in [2.24, 2.45) is 0 Å². The zero-order chi connectivity index (χ0) is 14.5. The Labute approximate surface area is 129 Å². The highest BCUT2D eigenvalue weighted by molar-refractivity contribution is 6.33. The summed E-state index contributed by atoms with van der Waals surface area (Å²) >= 11 is 11.6. The van der Waals surface area contributed by atoms with E-state index < -0.39 is 0 Å². The number of carbonyl (C=O) groups is 1. The summed E-state index contributed by atoms with van der Waals surface area (Å²) in [6.07, 6.45) is 3.14. The smallest absolute Gasteiger partial charge is 0.251 e. The van der Waals surface area contributed by atoms with E-state index in [0.717, 1.165) is 32.5 Å². The predicted octanol–water partition coefficient (Wildman–Crippen LogP) is 2.99. The number of carbonyl (C=O) groups excluding carboxylic acids is 1. The van der Waals surface area contributed by atoms with E-state index in [0.29, 0.717) is 5.56 Å². The molecule has 2 heterocycles. The molecule has 1 aromatic heterocycles. The summed E-state index contributed by atoms with van der Waals surface area (Å²) in [6.45, 7) is 5.40. The maximum atomic E-state index is 12.2. The molecule has 0 unspecified atom stereocenters. The summed E-state index contributed by atoms with van der Waals surface area (Å²) in [5.41, 5.74) is 0.464. The number of amides is 1. The molecule has 4 nitrogen and oxygen atoms in total. The third kappa shape index (κ3) is 4.33. The lowest BCUT2D eigenvalue weighted by Gasteiger charge is -2.32. The van der Waals surface area contributed by atoms with Crippen molar-refractivity contribution in [3.8, 4) is 0 Å². The fourth-order valence-electron chi connectivity index (χ4n) is 2.48. The van der Waals surface area contributed by atoms with Gasteiger partial charge in [-0.3, -0.25) is 4.79 Å². The van der Waals surface area contributed by atoms with Gasteiger partial charge in [0.2, 0.25) is 0 Å². The van der Waals surface area contributed by atoms with Crippen molar-refractivity contribution in [3.05, 3.63) is 28.0 Å². The minimum Gasteiger partial charge on any atom is -0.349 e. The van der Waals surface area contributed by atoms with E-state index in [4.69, 9.17) is 23.2 Å². The molecule has 6 heteroatoms. The Hall–Kier alpha value is -0.840. The van der Waals surface area contributed by atoms with Crippen LogP contribution in [0.2, 0.25) is 10.3 Å². The third-order valence-corrected chi connectivity index (χ3v) is 3.87. The fraction of sp³-hybridized carbons (Fsp3) is 0.571. The first kappa shape index (κ1) is 15.5. The second-order valence-corrected chi connectivity index (χ2v) is 5.87. The third-order valence-electron chi connectivity index (χ3n) is 3.49. The van der Waals surface area contributed by atoms with Crippen LogP contribution < -0.4 is 5.32 Å². The molecule has 0 spiro atoms. The van der Waals surface area contributed by atoms with Gasteiger partial charge in [0.25, 0.3) is 5.91 Å². The highest BCUT2D eigenvalue weighted by Crippen LogP contribution is 2.16. The number of hydrogen-bond acceptors (Lipinski definition) is 3. The molecule has 1 saturated heterocycles. The monoisotopic (exact) mass is 315 g/mol. The number of nitrogens with one attached hydrogen (secondary N) is 1. The topological polar surface area (TPSA) is 45.2 Å². The molecule has 1 amide bonds. The van der Waals surface area contributed by atoms with Crippen LogP contribution in [0.25, 0.3) is 0 Å². The van der Waals surface area contributed by atoms with Gasteiger partial charge in [-0.05, 0) is 37.9 Å². The summed E-state index contributed by atoms with van der Waals surface area (Å²) in [6, 6.07) is 3.30. The molecular weight excluding hydrogens is 297 g/mol. The summed E-state index contributed by atoms with van der Waals surface area (Å²) in [5, 5.41) is 3.51. The van der Waals surface area contributed by atoms with Gasteiger partial charge in [-0.2, -0.15) is 0 Å². The molecule has 1 N–H and O–H groups in total. The Morgan fingerprint density at radius 3 is 2.50 bits per heavy atom. The summed E-state index contributed by atoms with van der Waals surface area (Å²) in [4.78, 5) is 18.4. The van der Waals surface area contributed by atoms with Gasteiger partial charge < -0.3 is 10.2 Å². The highest BCUT2D eigenvalue weighted by Gasteiger charge is 2.20. The number of likely N-dealkylation sites (tertiary alicyclic amines) is 1. The molecule has 1 aliphatic rings. The van der Waals surface area contributed by atoms with Crippen LogP contribution >= 0.6 is 23.2 Å². The second kappa shape index (κ2) is 7.25. The van der Waals surface area contributed by atoms with Crippen molar-refractivity contribution in [1.82, 2.24) is 15.2 Å². The molecule has 0 radical (unpaired) electrons. The van der Waals surface area contributed by atoms with E-state index in [1.807, 2.05) is 0 Å². The first-order valence-electron chi connectivity index (χ1n) is 6.94. The van der Waals surface area contributed by atoms with Crippen molar-refractivity contribution in [2.75, 3.05) is 19.6 Å². The van der Waals surface area contributed by atoms with Crippen LogP contribution in [-0.4, -0.2) is 41.5 Å². The molecule has 0 atom stereocenters. The van der Waals surface area contributed by atoms with Gasteiger partial charge in [0.05, 0.1) is 0 Å². The van der Waals surface area contributed by atoms with Crippen LogP contribution in [0.3, 0.4) is 0 Å². The molecule has 1 aromatic rings. The lowest BCUT2D eigenvalue weighted by atomic mass is 10.0. The number of aromatic nitrogens is 1. The molecule has 0 aliphatic carbocycles. The average Bonchev–Trinajstić information content (AvgIpc) is 2.40. The van der Waals surface area contributed by atoms with Crippen molar-refractivity contribution in [3.63, 3.8) is 0 Å². The second-order valence-electron chi connectivity index (χ2n) is 5.09. The number of pyridine rings is 1. The van der Waals surface area contributed by atoms with Gasteiger partial charge >= 0.3 is 0 Å². The molecule has 1 fully saturated rings. The Kier molecular flexibility index (Phi) is 5.64. The van der Waals surface area contributed by atoms with E-state index >= 15 is 0 Å². The van der Waals surface area contributed by atoms with Crippen LogP contribution in [-0.2, 0) is 0 Å². The van der Waals surface area contributed by atoms with E-state index in [1.54, 1.807) is 0 Å². The molecule has 0 aromatic carbocycles. The number of halogens is 2. The van der Waals surface area contributed by atoms with Gasteiger partial charge in [-0.15, -0.1) is 0 Å². The zero-order valence-electron chi connectivity index (χ0n) is 11.5. The first-order chi connectivity index (χ1) is 9.58. The standard InChI is InChI=1S/C14H19Cl2N3O/c1-2-5-19-6-3-11(4-7-19)17-14(20)10-8-12(15)18-13(16)9-10/h8-9,11H,2-7H2,1H3,(H,17,20). The predicted molar refractivity (Wildman–Crippen MR) is 81.5 cm³/mol. The Bertz CT molecular complexity index is 453. The van der Waals surface area contributed by atoms with Crippen LogP contribution in [0.1, 0.15) is 36.5 Å². The Morgan fingerprint density at radius 2 is 1.95 bits per heavy atom. The molecule has 2 rings (SSSR count). The van der Waals surface area contributed by atoms with Crippen LogP contribution in [0.5, 0.6) is 0 Å². The molecule has 0 bridgehead atoms. The minimum atomic E-state index is -0.134. The van der Waals surface area contributed by atoms with Crippen molar-refractivity contribution in [2.45, 2.75) is 32.2 Å². The average molecular weight is 316 g/mol. The minimum absolute atomic E-state index is 0.134. The summed E-state index contributed by atoms with van der Waals surface area (Å²) < 4.78 is 0. The summed E-state index contributed by atoms with van der Waals surface area (Å²) in [7, 11) is 0. The Balaban J connectivity index is 1.89. The first-order valence-corrected chi connectivity index (χ1v) is 7.70. The maximum Gasteiger partial charge on any atom is 0.251 e. The van der Waals surface area contributed by atoms with Crippen molar-refractivity contribution in [1.29, 1.82) is 0 Å². The molecule has 0 saturated carbocycles. The molecular formula is C14H19Cl2N3O. The largest absolute Gasteiger partial charge is 0.349 e. The van der Waals surface area contributed by atoms with Gasteiger partial charge in [0.15, 0.2) is 0 Å². The van der Waals surface area contributed by atoms with E-state index in [2.05, 4.69) is 22.1 Å². The quantitative estimate of drug-likeness (QED) is 0.869. The van der Waals surface area contributed by atoms with Gasteiger partial charge in [0.1, 0.15) is 10.3 Å². The highest BCUT2D eigenvalue weighted by atomic mass is 35.5. The number of piperidine rings is 1. The zero-order valence-corrected chi connectivity index (χ0v) is 13.0. The van der Waals surface area contributed by atoms with E-state index in [-0.39, 0.29) is 22.3 Å². The van der Waals surface area contributed by atoms with Crippen LogP contribution in [0.15, 0.2) is 12.1 Å². The lowest BCUT2D eigenvalue weighted by Crippen LogP contribution is -2.44. The summed E-state index contributed by atoms with van der Waals surface area (Å²) in [5.74, 6) is -0.134. The molecule has 20 heavy (non-hydrogen) atoms. The maximum absolute atomic E-state index is 12.2.